The Kier molecular flexibility index (Phi) is 5.74. The molecule has 1 amide bonds. The largest absolute Gasteiger partial charge is 0.345 e. The average Bonchev–Trinajstić information content (AvgIpc) is 2.99. The molecule has 1 aliphatic heterocycles. The number of hydrogen-bond donors (Lipinski definition) is 2. The Morgan fingerprint density at radius 3 is 2.50 bits per heavy atom. The number of nitriles is 2. The van der Waals surface area contributed by atoms with Crippen molar-refractivity contribution in [2.24, 2.45) is 17.3 Å². The Morgan fingerprint density at radius 2 is 1.97 bits per heavy atom. The summed E-state index contributed by atoms with van der Waals surface area (Å²) in [7, 11) is 0.234. The van der Waals surface area contributed by atoms with Gasteiger partial charge >= 0.3 is 0 Å². The van der Waals surface area contributed by atoms with E-state index in [0.29, 0.717) is 10.5 Å². The predicted molar refractivity (Wildman–Crippen MR) is 113 cm³/mol. The number of hydrogen-bond acceptors (Lipinski definition) is 6. The summed E-state index contributed by atoms with van der Waals surface area (Å²) in [4.78, 5) is 17.4. The summed E-state index contributed by atoms with van der Waals surface area (Å²) >= 11 is 0. The van der Waals surface area contributed by atoms with E-state index >= 15 is 0 Å². The van der Waals surface area contributed by atoms with E-state index in [9.17, 15) is 9.00 Å². The lowest BCUT2D eigenvalue weighted by Gasteiger charge is -2.19. The third kappa shape index (κ3) is 3.83. The molecular weight excluding hydrogens is 402 g/mol. The molecule has 0 aromatic carbocycles. The first kappa shape index (κ1) is 21.2. The van der Waals surface area contributed by atoms with Crippen LogP contribution in [0, 0.1) is 28.6 Å². The molecule has 1 aliphatic rings. The maximum atomic E-state index is 13.5. The third-order valence-corrected chi connectivity index (χ3v) is 6.78. The van der Waals surface area contributed by atoms with Gasteiger partial charge in [0.2, 0.25) is 0 Å². The summed E-state index contributed by atoms with van der Waals surface area (Å²) in [5, 5.41) is 20.9. The molecule has 10 heteroatoms. The highest BCUT2D eigenvalue weighted by Crippen LogP contribution is 2.29. The first-order chi connectivity index (χ1) is 14.2. The Balaban J connectivity index is 2.09. The quantitative estimate of drug-likeness (QED) is 0.781. The molecule has 0 bridgehead atoms. The van der Waals surface area contributed by atoms with Crippen LogP contribution < -0.4 is 10.0 Å². The summed E-state index contributed by atoms with van der Waals surface area (Å²) in [6.07, 6.45) is 5.30. The molecule has 3 rings (SSSR count). The first-order valence-corrected chi connectivity index (χ1v) is 10.7. The number of carbonyl (C=O) groups is 1. The van der Waals surface area contributed by atoms with Gasteiger partial charge in [0.05, 0.1) is 4.90 Å². The van der Waals surface area contributed by atoms with Crippen LogP contribution in [-0.4, -0.2) is 32.8 Å². The standard InChI is InChI=1S/C20H21N7O2S/c1-12(2)17-6-5-16-18(30(29,23-3)26-17)11-27(4)19(16)20(28)25-13-7-14(9-21)24-15(8-13)10-22/h5-8,11-12,17H,1-4H3,(H,23,26,29)(H,24,25,28). The molecular formula is C20H21N7O2S. The molecule has 2 atom stereocenters. The smallest absolute Gasteiger partial charge is 0.272 e. The number of pyridine rings is 1. The molecule has 3 heterocycles. The van der Waals surface area contributed by atoms with Gasteiger partial charge < -0.3 is 9.88 Å². The summed E-state index contributed by atoms with van der Waals surface area (Å²) in [6.45, 7) is 4.01. The fourth-order valence-electron chi connectivity index (χ4n) is 3.18. The maximum Gasteiger partial charge on any atom is 0.272 e. The highest BCUT2D eigenvalue weighted by atomic mass is 32.2. The van der Waals surface area contributed by atoms with Gasteiger partial charge in [-0.2, -0.15) is 10.5 Å². The predicted octanol–water partition coefficient (Wildman–Crippen LogP) is 2.43. The van der Waals surface area contributed by atoms with E-state index in [1.807, 2.05) is 32.1 Å². The van der Waals surface area contributed by atoms with E-state index < -0.39 is 15.8 Å². The number of rotatable bonds is 3. The molecule has 2 aromatic rings. The zero-order valence-electron chi connectivity index (χ0n) is 17.0. The van der Waals surface area contributed by atoms with Crippen LogP contribution in [0.2, 0.25) is 0 Å². The molecule has 2 unspecified atom stereocenters. The van der Waals surface area contributed by atoms with Gasteiger partial charge in [0.25, 0.3) is 5.91 Å². The monoisotopic (exact) mass is 423 g/mol. The van der Waals surface area contributed by atoms with Crippen LogP contribution in [0.15, 0.2) is 33.7 Å². The van der Waals surface area contributed by atoms with Gasteiger partial charge in [-0.15, -0.1) is 0 Å². The molecule has 9 nitrogen and oxygen atoms in total. The highest BCUT2D eigenvalue weighted by Gasteiger charge is 2.30. The van der Waals surface area contributed by atoms with Crippen molar-refractivity contribution < 1.29 is 9.00 Å². The molecule has 2 aromatic heterocycles. The second-order valence-electron chi connectivity index (χ2n) is 7.13. The van der Waals surface area contributed by atoms with Crippen LogP contribution in [0.25, 0.3) is 6.08 Å². The van der Waals surface area contributed by atoms with E-state index in [2.05, 4.69) is 19.4 Å². The molecule has 0 saturated carbocycles. The normalized spacial score (nSPS) is 20.0. The van der Waals surface area contributed by atoms with Gasteiger partial charge in [0, 0.05) is 37.6 Å². The Morgan fingerprint density at radius 1 is 1.33 bits per heavy atom. The van der Waals surface area contributed by atoms with E-state index in [4.69, 9.17) is 10.5 Å². The number of amides is 1. The number of nitrogens with one attached hydrogen (secondary N) is 2. The van der Waals surface area contributed by atoms with Crippen molar-refractivity contribution in [1.82, 2.24) is 14.3 Å². The number of carbonyl (C=O) groups excluding carboxylic acids is 1. The molecule has 2 N–H and O–H groups in total. The first-order valence-electron chi connectivity index (χ1n) is 9.16. The number of anilines is 1. The number of nitrogens with zero attached hydrogens (tertiary/aromatic N) is 5. The molecule has 0 fully saturated rings. The summed E-state index contributed by atoms with van der Waals surface area (Å²) in [5.74, 6) is -0.298. The topological polar surface area (TPSA) is 136 Å². The van der Waals surface area contributed by atoms with Gasteiger partial charge in [0.15, 0.2) is 0 Å². The Bertz CT molecular complexity index is 1220. The van der Waals surface area contributed by atoms with Crippen LogP contribution in [0.4, 0.5) is 5.69 Å². The molecule has 0 radical (unpaired) electrons. The fraction of sp³-hybridized carbons (Fsp3) is 0.300. The second-order valence-corrected chi connectivity index (χ2v) is 9.22. The lowest BCUT2D eigenvalue weighted by atomic mass is 10.0. The van der Waals surface area contributed by atoms with Crippen LogP contribution >= 0.6 is 0 Å². The van der Waals surface area contributed by atoms with Gasteiger partial charge in [-0.25, -0.2) is 18.3 Å². The van der Waals surface area contributed by atoms with Crippen LogP contribution in [0.5, 0.6) is 0 Å². The van der Waals surface area contributed by atoms with Gasteiger partial charge in [0.1, 0.15) is 39.1 Å². The third-order valence-electron chi connectivity index (χ3n) is 4.75. The lowest BCUT2D eigenvalue weighted by Crippen LogP contribution is -2.36. The minimum atomic E-state index is -2.93. The summed E-state index contributed by atoms with van der Waals surface area (Å²) in [5.41, 5.74) is 1.11. The van der Waals surface area contributed by atoms with Crippen molar-refractivity contribution in [3.63, 3.8) is 0 Å². The van der Waals surface area contributed by atoms with E-state index in [-0.39, 0.29) is 34.7 Å². The second kappa shape index (κ2) is 8.11. The Hall–Kier alpha value is -3.47. The van der Waals surface area contributed by atoms with Crippen molar-refractivity contribution in [2.75, 3.05) is 12.4 Å². The molecule has 0 aliphatic carbocycles. The summed E-state index contributed by atoms with van der Waals surface area (Å²) in [6, 6.07) is 6.33. The zero-order chi connectivity index (χ0) is 22.1. The van der Waals surface area contributed by atoms with E-state index in [0.717, 1.165) is 0 Å². The molecule has 30 heavy (non-hydrogen) atoms. The van der Waals surface area contributed by atoms with E-state index in [1.54, 1.807) is 23.9 Å². The SMILES string of the molecule is CN=S1(=O)NC(C(C)C)C=Cc2c1cn(C)c2C(=O)Nc1cc(C#N)nc(C#N)c1. The van der Waals surface area contributed by atoms with Crippen LogP contribution in [0.1, 0.15) is 41.3 Å². The van der Waals surface area contributed by atoms with Gasteiger partial charge in [-0.3, -0.25) is 4.79 Å². The van der Waals surface area contributed by atoms with Crippen LogP contribution in [-0.2, 0) is 17.0 Å². The lowest BCUT2D eigenvalue weighted by molar-refractivity contribution is 0.101. The van der Waals surface area contributed by atoms with Gasteiger partial charge in [-0.05, 0) is 18.1 Å². The minimum absolute atomic E-state index is 0.0201. The zero-order valence-corrected chi connectivity index (χ0v) is 17.8. The average molecular weight is 424 g/mol. The molecule has 154 valence electrons. The van der Waals surface area contributed by atoms with Crippen molar-refractivity contribution in [1.29, 1.82) is 10.5 Å². The Labute approximate surface area is 175 Å². The van der Waals surface area contributed by atoms with Crippen molar-refractivity contribution >= 4 is 27.6 Å². The van der Waals surface area contributed by atoms with Crippen molar-refractivity contribution in [2.45, 2.75) is 24.8 Å². The van der Waals surface area contributed by atoms with E-state index in [1.165, 1.54) is 19.2 Å². The summed E-state index contributed by atoms with van der Waals surface area (Å²) < 4.78 is 22.3. The fourth-order valence-corrected chi connectivity index (χ4v) is 5.10. The van der Waals surface area contributed by atoms with Crippen molar-refractivity contribution in [3.05, 3.63) is 47.1 Å². The number of aryl methyl sites for hydroxylation is 1. The van der Waals surface area contributed by atoms with Crippen molar-refractivity contribution in [3.8, 4) is 12.1 Å². The highest BCUT2D eigenvalue weighted by molar-refractivity contribution is 7.91. The maximum absolute atomic E-state index is 13.5. The number of fused-ring (bicyclic) bond motifs is 1. The number of aromatic nitrogens is 2. The van der Waals surface area contributed by atoms with Gasteiger partial charge in [-0.1, -0.05) is 26.0 Å². The minimum Gasteiger partial charge on any atom is -0.345 e. The molecule has 0 saturated heterocycles. The van der Waals surface area contributed by atoms with Crippen LogP contribution in [0.3, 0.4) is 0 Å². The molecule has 0 spiro atoms.